The molecule has 0 saturated heterocycles. The van der Waals surface area contributed by atoms with Crippen molar-refractivity contribution >= 4 is 21.5 Å². The van der Waals surface area contributed by atoms with Gasteiger partial charge in [0.2, 0.25) is 0 Å². The lowest BCUT2D eigenvalue weighted by Crippen LogP contribution is -2.01. The summed E-state index contributed by atoms with van der Waals surface area (Å²) in [7, 11) is 3.43. The molecular formula is C33H28O2. The third kappa shape index (κ3) is 3.16. The highest BCUT2D eigenvalue weighted by Gasteiger charge is 2.39. The maximum Gasteiger partial charge on any atom is 0.118 e. The van der Waals surface area contributed by atoms with Crippen LogP contribution in [0.4, 0.5) is 0 Å². The quantitative estimate of drug-likeness (QED) is 0.252. The van der Waals surface area contributed by atoms with Crippen molar-refractivity contribution in [2.45, 2.75) is 31.1 Å². The summed E-state index contributed by atoms with van der Waals surface area (Å²) >= 11 is 0. The number of rotatable bonds is 4. The highest BCUT2D eigenvalue weighted by molar-refractivity contribution is 6.13. The predicted octanol–water partition coefficient (Wildman–Crippen LogP) is 8.71. The van der Waals surface area contributed by atoms with Crippen LogP contribution in [0.25, 0.3) is 43.8 Å². The van der Waals surface area contributed by atoms with E-state index in [1.165, 1.54) is 63.1 Å². The van der Waals surface area contributed by atoms with Crippen molar-refractivity contribution in [3.63, 3.8) is 0 Å². The molecule has 172 valence electrons. The molecular weight excluding hydrogens is 428 g/mol. The summed E-state index contributed by atoms with van der Waals surface area (Å²) in [6, 6.07) is 31.0. The Morgan fingerprint density at radius 3 is 1.29 bits per heavy atom. The van der Waals surface area contributed by atoms with Gasteiger partial charge in [-0.15, -0.1) is 0 Å². The topological polar surface area (TPSA) is 18.5 Å². The Hall–Kier alpha value is -3.78. The minimum absolute atomic E-state index is 0.692. The first-order valence-corrected chi connectivity index (χ1v) is 12.6. The first kappa shape index (κ1) is 20.6. The summed E-state index contributed by atoms with van der Waals surface area (Å²) < 4.78 is 10.7. The highest BCUT2D eigenvalue weighted by Crippen LogP contribution is 2.58. The van der Waals surface area contributed by atoms with Crippen LogP contribution in [0.3, 0.4) is 0 Å². The summed E-state index contributed by atoms with van der Waals surface area (Å²) in [5.74, 6) is 3.17. The van der Waals surface area contributed by atoms with Gasteiger partial charge in [0.05, 0.1) is 14.2 Å². The fourth-order valence-electron chi connectivity index (χ4n) is 6.61. The molecule has 0 radical (unpaired) electrons. The van der Waals surface area contributed by atoms with E-state index in [4.69, 9.17) is 9.47 Å². The summed E-state index contributed by atoms with van der Waals surface area (Å²) in [5.41, 5.74) is 8.26. The van der Waals surface area contributed by atoms with Crippen LogP contribution in [0, 0.1) is 0 Å². The Kier molecular flexibility index (Phi) is 4.63. The first-order chi connectivity index (χ1) is 17.2. The Morgan fingerprint density at radius 1 is 0.486 bits per heavy atom. The second-order valence-corrected chi connectivity index (χ2v) is 10.0. The van der Waals surface area contributed by atoms with E-state index in [9.17, 15) is 0 Å². The molecule has 0 spiro atoms. The SMILES string of the molecule is COc1ccc(-c2ccc3c(c2)c2c(c4cc(-c5ccc(OC)cc5)ccc43)C3CCC2C3)cc1. The molecule has 5 aromatic rings. The molecule has 1 saturated carbocycles. The molecule has 2 aliphatic carbocycles. The van der Waals surface area contributed by atoms with Crippen molar-refractivity contribution in [1.29, 1.82) is 0 Å². The molecule has 0 aromatic heterocycles. The van der Waals surface area contributed by atoms with E-state index in [2.05, 4.69) is 60.7 Å². The molecule has 1 fully saturated rings. The molecule has 2 bridgehead atoms. The largest absolute Gasteiger partial charge is 0.497 e. The van der Waals surface area contributed by atoms with Crippen LogP contribution >= 0.6 is 0 Å². The maximum atomic E-state index is 5.36. The minimum Gasteiger partial charge on any atom is -0.497 e. The van der Waals surface area contributed by atoms with Gasteiger partial charge in [-0.2, -0.15) is 0 Å². The van der Waals surface area contributed by atoms with Crippen LogP contribution in [0.15, 0.2) is 84.9 Å². The van der Waals surface area contributed by atoms with E-state index >= 15 is 0 Å². The lowest BCUT2D eigenvalue weighted by molar-refractivity contribution is 0.415. The molecule has 2 atom stereocenters. The summed E-state index contributed by atoms with van der Waals surface area (Å²) in [6.45, 7) is 0. The van der Waals surface area contributed by atoms with Gasteiger partial charge >= 0.3 is 0 Å². The Balaban J connectivity index is 1.44. The summed E-state index contributed by atoms with van der Waals surface area (Å²) in [5, 5.41) is 5.66. The fraction of sp³-hybridized carbons (Fsp3) is 0.212. The van der Waals surface area contributed by atoms with Crippen molar-refractivity contribution in [3.8, 4) is 33.8 Å². The van der Waals surface area contributed by atoms with Crippen LogP contribution in [-0.2, 0) is 0 Å². The van der Waals surface area contributed by atoms with Crippen LogP contribution in [0.2, 0.25) is 0 Å². The van der Waals surface area contributed by atoms with E-state index in [0.29, 0.717) is 11.8 Å². The zero-order chi connectivity index (χ0) is 23.5. The van der Waals surface area contributed by atoms with Gasteiger partial charge in [0, 0.05) is 0 Å². The van der Waals surface area contributed by atoms with Gasteiger partial charge in [-0.05, 0) is 122 Å². The molecule has 0 N–H and O–H groups in total. The average Bonchev–Trinajstić information content (AvgIpc) is 3.56. The summed E-state index contributed by atoms with van der Waals surface area (Å²) in [6.07, 6.45) is 3.95. The molecule has 7 rings (SSSR count). The normalized spacial score (nSPS) is 18.2. The van der Waals surface area contributed by atoms with E-state index < -0.39 is 0 Å². The van der Waals surface area contributed by atoms with Crippen molar-refractivity contribution in [2.24, 2.45) is 0 Å². The molecule has 2 nitrogen and oxygen atoms in total. The Labute approximate surface area is 206 Å². The van der Waals surface area contributed by atoms with Gasteiger partial charge in [0.15, 0.2) is 0 Å². The molecule has 35 heavy (non-hydrogen) atoms. The zero-order valence-electron chi connectivity index (χ0n) is 20.2. The van der Waals surface area contributed by atoms with Crippen molar-refractivity contribution in [3.05, 3.63) is 96.1 Å². The number of methoxy groups -OCH3 is 2. The minimum atomic E-state index is 0.692. The zero-order valence-corrected chi connectivity index (χ0v) is 20.2. The van der Waals surface area contributed by atoms with Gasteiger partial charge in [0.1, 0.15) is 11.5 Å². The Bertz CT molecular complexity index is 1460. The second kappa shape index (κ2) is 7.88. The van der Waals surface area contributed by atoms with Crippen LogP contribution in [0.5, 0.6) is 11.5 Å². The van der Waals surface area contributed by atoms with Gasteiger partial charge in [-0.25, -0.2) is 0 Å². The van der Waals surface area contributed by atoms with E-state index in [0.717, 1.165) is 11.5 Å². The van der Waals surface area contributed by atoms with Crippen molar-refractivity contribution < 1.29 is 9.47 Å². The van der Waals surface area contributed by atoms with E-state index in [1.54, 1.807) is 25.3 Å². The van der Waals surface area contributed by atoms with Gasteiger partial charge in [0.25, 0.3) is 0 Å². The third-order valence-electron chi connectivity index (χ3n) is 8.30. The van der Waals surface area contributed by atoms with Crippen LogP contribution < -0.4 is 9.47 Å². The molecule has 2 aliphatic rings. The van der Waals surface area contributed by atoms with Gasteiger partial charge in [-0.3, -0.25) is 0 Å². The van der Waals surface area contributed by atoms with Crippen molar-refractivity contribution in [1.82, 2.24) is 0 Å². The second-order valence-electron chi connectivity index (χ2n) is 10.0. The van der Waals surface area contributed by atoms with Crippen LogP contribution in [-0.4, -0.2) is 14.2 Å². The smallest absolute Gasteiger partial charge is 0.118 e. The molecule has 0 amide bonds. The predicted molar refractivity (Wildman–Crippen MR) is 145 cm³/mol. The lowest BCUT2D eigenvalue weighted by Gasteiger charge is -2.22. The molecule has 0 aliphatic heterocycles. The fourth-order valence-corrected chi connectivity index (χ4v) is 6.61. The van der Waals surface area contributed by atoms with Crippen molar-refractivity contribution in [2.75, 3.05) is 14.2 Å². The number of hydrogen-bond donors (Lipinski definition) is 0. The van der Waals surface area contributed by atoms with E-state index in [1.807, 2.05) is 24.3 Å². The number of benzene rings is 5. The van der Waals surface area contributed by atoms with Crippen LogP contribution in [0.1, 0.15) is 42.2 Å². The molecule has 5 aromatic carbocycles. The molecule has 0 heterocycles. The van der Waals surface area contributed by atoms with E-state index in [-0.39, 0.29) is 0 Å². The molecule has 2 unspecified atom stereocenters. The number of hydrogen-bond acceptors (Lipinski definition) is 2. The lowest BCUT2D eigenvalue weighted by atomic mass is 9.82. The third-order valence-corrected chi connectivity index (χ3v) is 8.30. The number of fused-ring (bicyclic) bond motifs is 10. The maximum absolute atomic E-state index is 5.36. The highest BCUT2D eigenvalue weighted by atomic mass is 16.5. The Morgan fingerprint density at radius 2 is 0.886 bits per heavy atom. The summed E-state index contributed by atoms with van der Waals surface area (Å²) in [4.78, 5) is 0. The van der Waals surface area contributed by atoms with Gasteiger partial charge in [-0.1, -0.05) is 48.5 Å². The first-order valence-electron chi connectivity index (χ1n) is 12.6. The monoisotopic (exact) mass is 456 g/mol. The van der Waals surface area contributed by atoms with Gasteiger partial charge < -0.3 is 9.47 Å². The number of ether oxygens (including phenoxy) is 2. The average molecular weight is 457 g/mol. The standard InChI is InChI=1S/C33H28O2/c1-34-26-11-5-20(6-12-26)22-9-15-28-29-16-10-23(21-7-13-27(35-2)14-8-21)19-31(29)33-25-4-3-24(17-25)32(33)30(28)18-22/h5-16,18-19,24-25H,3-4,17H2,1-2H3. The molecule has 2 heteroatoms.